The number of nitrogens with one attached hydrogen (secondary N) is 1. The first-order valence-electron chi connectivity index (χ1n) is 9.84. The zero-order valence-electron chi connectivity index (χ0n) is 17.5. The lowest BCUT2D eigenvalue weighted by molar-refractivity contribution is -0.112. The Balaban J connectivity index is 1.92. The Morgan fingerprint density at radius 3 is 2.10 bits per heavy atom. The molecule has 0 spiro atoms. The van der Waals surface area contributed by atoms with Crippen LogP contribution in [-0.2, 0) is 11.3 Å². The van der Waals surface area contributed by atoms with Crippen molar-refractivity contribution < 1.29 is 4.79 Å². The van der Waals surface area contributed by atoms with Crippen molar-refractivity contribution >= 4 is 17.3 Å². The van der Waals surface area contributed by atoms with E-state index < -0.39 is 5.91 Å². The van der Waals surface area contributed by atoms with Crippen LogP contribution in [0, 0.1) is 32.1 Å². The normalized spacial score (nSPS) is 10.9. The monoisotopic (exact) mass is 395 g/mol. The predicted octanol–water partition coefficient (Wildman–Crippen LogP) is 5.66. The number of carbonyl (C=O) groups is 1. The molecule has 0 aliphatic carbocycles. The standard InChI is InChI=1S/C26H25N3O/c1-19-14-20(2)25(21(3)15-19)28-26(30)23(16-27)18-29(24-12-8-5-9-13-24)17-22-10-6-4-7-11-22/h4-15,18H,17H2,1-3H3,(H,28,30)/b23-18-. The van der Waals surface area contributed by atoms with Gasteiger partial charge in [-0.2, -0.15) is 5.26 Å². The molecular formula is C26H25N3O. The summed E-state index contributed by atoms with van der Waals surface area (Å²) in [6.07, 6.45) is 1.62. The van der Waals surface area contributed by atoms with Crippen LogP contribution in [0.2, 0.25) is 0 Å². The summed E-state index contributed by atoms with van der Waals surface area (Å²) in [5.74, 6) is -0.415. The number of anilines is 2. The summed E-state index contributed by atoms with van der Waals surface area (Å²) < 4.78 is 0. The highest BCUT2D eigenvalue weighted by molar-refractivity contribution is 6.07. The molecule has 1 N–H and O–H groups in total. The molecule has 1 amide bonds. The van der Waals surface area contributed by atoms with Crippen molar-refractivity contribution in [3.8, 4) is 6.07 Å². The van der Waals surface area contributed by atoms with E-state index in [9.17, 15) is 10.1 Å². The first-order valence-corrected chi connectivity index (χ1v) is 9.84. The van der Waals surface area contributed by atoms with Crippen LogP contribution >= 0.6 is 0 Å². The average molecular weight is 396 g/mol. The summed E-state index contributed by atoms with van der Waals surface area (Å²) in [5.41, 5.74) is 5.88. The molecule has 0 unspecified atom stereocenters. The van der Waals surface area contributed by atoms with Gasteiger partial charge in [-0.05, 0) is 49.6 Å². The Kier molecular flexibility index (Phi) is 6.67. The maximum Gasteiger partial charge on any atom is 0.267 e. The molecular weight excluding hydrogens is 370 g/mol. The smallest absolute Gasteiger partial charge is 0.267 e. The predicted molar refractivity (Wildman–Crippen MR) is 122 cm³/mol. The molecule has 0 fully saturated rings. The van der Waals surface area contributed by atoms with Gasteiger partial charge in [-0.15, -0.1) is 0 Å². The minimum Gasteiger partial charge on any atom is -0.342 e. The van der Waals surface area contributed by atoms with Crippen LogP contribution in [0.1, 0.15) is 22.3 Å². The molecule has 0 aromatic heterocycles. The fourth-order valence-corrected chi connectivity index (χ4v) is 3.46. The van der Waals surface area contributed by atoms with Crippen molar-refractivity contribution in [2.24, 2.45) is 0 Å². The zero-order valence-corrected chi connectivity index (χ0v) is 17.5. The van der Waals surface area contributed by atoms with Gasteiger partial charge in [0.1, 0.15) is 11.6 Å². The molecule has 4 nitrogen and oxygen atoms in total. The number of nitrogens with zero attached hydrogens (tertiary/aromatic N) is 2. The second-order valence-electron chi connectivity index (χ2n) is 7.33. The Bertz CT molecular complexity index is 1070. The Hall–Kier alpha value is -3.84. The van der Waals surface area contributed by atoms with Crippen molar-refractivity contribution in [1.29, 1.82) is 5.26 Å². The maximum atomic E-state index is 12.9. The second kappa shape index (κ2) is 9.58. The largest absolute Gasteiger partial charge is 0.342 e. The molecule has 0 radical (unpaired) electrons. The summed E-state index contributed by atoms with van der Waals surface area (Å²) >= 11 is 0. The molecule has 0 bridgehead atoms. The van der Waals surface area contributed by atoms with Gasteiger partial charge in [0, 0.05) is 24.1 Å². The van der Waals surface area contributed by atoms with E-state index >= 15 is 0 Å². The van der Waals surface area contributed by atoms with Crippen LogP contribution < -0.4 is 10.2 Å². The van der Waals surface area contributed by atoms with Gasteiger partial charge in [-0.3, -0.25) is 4.79 Å². The number of hydrogen-bond acceptors (Lipinski definition) is 3. The van der Waals surface area contributed by atoms with Crippen molar-refractivity contribution in [2.45, 2.75) is 27.3 Å². The SMILES string of the molecule is Cc1cc(C)c(NC(=O)/C(C#N)=C\N(Cc2ccccc2)c2ccccc2)c(C)c1. The maximum absolute atomic E-state index is 12.9. The summed E-state index contributed by atoms with van der Waals surface area (Å²) in [5, 5.41) is 12.6. The van der Waals surface area contributed by atoms with Gasteiger partial charge in [-0.1, -0.05) is 66.2 Å². The highest BCUT2D eigenvalue weighted by Crippen LogP contribution is 2.23. The van der Waals surface area contributed by atoms with Crippen molar-refractivity contribution in [1.82, 2.24) is 0 Å². The third kappa shape index (κ3) is 5.15. The molecule has 0 aliphatic heterocycles. The summed E-state index contributed by atoms with van der Waals surface area (Å²) in [4.78, 5) is 14.8. The second-order valence-corrected chi connectivity index (χ2v) is 7.33. The third-order valence-electron chi connectivity index (χ3n) is 4.85. The molecule has 3 aromatic rings. The molecule has 0 heterocycles. The fraction of sp³-hybridized carbons (Fsp3) is 0.154. The minimum atomic E-state index is -0.415. The number of para-hydroxylation sites is 1. The van der Waals surface area contributed by atoms with E-state index in [1.54, 1.807) is 6.20 Å². The first kappa shape index (κ1) is 20.9. The number of hydrogen-bond donors (Lipinski definition) is 1. The number of carbonyl (C=O) groups excluding carboxylic acids is 1. The lowest BCUT2D eigenvalue weighted by Gasteiger charge is -2.21. The number of nitriles is 1. The summed E-state index contributed by atoms with van der Waals surface area (Å²) in [7, 11) is 0. The van der Waals surface area contributed by atoms with Crippen LogP contribution in [0.3, 0.4) is 0 Å². The first-order chi connectivity index (χ1) is 14.5. The lowest BCUT2D eigenvalue weighted by atomic mass is 10.0. The van der Waals surface area contributed by atoms with E-state index in [0.29, 0.717) is 6.54 Å². The van der Waals surface area contributed by atoms with Crippen molar-refractivity contribution in [3.05, 3.63) is 107 Å². The van der Waals surface area contributed by atoms with Gasteiger partial charge >= 0.3 is 0 Å². The quantitative estimate of drug-likeness (QED) is 0.432. The van der Waals surface area contributed by atoms with Crippen LogP contribution in [0.25, 0.3) is 0 Å². The van der Waals surface area contributed by atoms with E-state index in [1.807, 2.05) is 98.5 Å². The van der Waals surface area contributed by atoms with Gasteiger partial charge in [-0.25, -0.2) is 0 Å². The Morgan fingerprint density at radius 1 is 0.967 bits per heavy atom. The van der Waals surface area contributed by atoms with Crippen LogP contribution in [-0.4, -0.2) is 5.91 Å². The van der Waals surface area contributed by atoms with Crippen molar-refractivity contribution in [3.63, 3.8) is 0 Å². The number of rotatable bonds is 6. The van der Waals surface area contributed by atoms with Gasteiger partial charge in [0.25, 0.3) is 5.91 Å². The summed E-state index contributed by atoms with van der Waals surface area (Å²) in [6.45, 7) is 6.48. The molecule has 30 heavy (non-hydrogen) atoms. The topological polar surface area (TPSA) is 56.1 Å². The Labute approximate surface area is 178 Å². The fourth-order valence-electron chi connectivity index (χ4n) is 3.46. The molecule has 150 valence electrons. The lowest BCUT2D eigenvalue weighted by Crippen LogP contribution is -2.21. The molecule has 0 saturated heterocycles. The van der Waals surface area contributed by atoms with Gasteiger partial charge in [0.15, 0.2) is 0 Å². The number of amides is 1. The molecule has 4 heteroatoms. The van der Waals surface area contributed by atoms with Crippen molar-refractivity contribution in [2.75, 3.05) is 10.2 Å². The highest BCUT2D eigenvalue weighted by atomic mass is 16.1. The van der Waals surface area contributed by atoms with E-state index in [-0.39, 0.29) is 5.57 Å². The van der Waals surface area contributed by atoms with Gasteiger partial charge in [0.2, 0.25) is 0 Å². The average Bonchev–Trinajstić information content (AvgIpc) is 2.74. The molecule has 3 aromatic carbocycles. The molecule has 0 aliphatic rings. The van der Waals surface area contributed by atoms with Crippen LogP contribution in [0.4, 0.5) is 11.4 Å². The van der Waals surface area contributed by atoms with Crippen LogP contribution in [0.5, 0.6) is 0 Å². The van der Waals surface area contributed by atoms with E-state index in [0.717, 1.165) is 33.6 Å². The zero-order chi connectivity index (χ0) is 21.5. The highest BCUT2D eigenvalue weighted by Gasteiger charge is 2.15. The van der Waals surface area contributed by atoms with Gasteiger partial charge in [0.05, 0.1) is 0 Å². The molecule has 0 saturated carbocycles. The Morgan fingerprint density at radius 2 is 1.53 bits per heavy atom. The minimum absolute atomic E-state index is 0.0501. The van der Waals surface area contributed by atoms with E-state index in [4.69, 9.17) is 0 Å². The van der Waals surface area contributed by atoms with Crippen LogP contribution in [0.15, 0.2) is 84.6 Å². The third-order valence-corrected chi connectivity index (χ3v) is 4.85. The van der Waals surface area contributed by atoms with E-state index in [1.165, 1.54) is 0 Å². The molecule has 3 rings (SSSR count). The molecule has 0 atom stereocenters. The van der Waals surface area contributed by atoms with Gasteiger partial charge < -0.3 is 10.2 Å². The number of benzene rings is 3. The number of aryl methyl sites for hydroxylation is 3. The summed E-state index contributed by atoms with van der Waals surface area (Å²) in [6, 6.07) is 25.8. The van der Waals surface area contributed by atoms with E-state index in [2.05, 4.69) is 11.4 Å².